The van der Waals surface area contributed by atoms with Crippen LogP contribution in [0.25, 0.3) is 11.5 Å². The summed E-state index contributed by atoms with van der Waals surface area (Å²) in [6, 6.07) is 11.8. The number of hydrogen-bond acceptors (Lipinski definition) is 4. The van der Waals surface area contributed by atoms with Gasteiger partial charge in [-0.1, -0.05) is 35.0 Å². The zero-order valence-electron chi connectivity index (χ0n) is 15.0. The van der Waals surface area contributed by atoms with Gasteiger partial charge < -0.3 is 9.42 Å². The predicted octanol–water partition coefficient (Wildman–Crippen LogP) is 4.92. The third-order valence-corrected chi connectivity index (χ3v) is 4.98. The Hall–Kier alpha value is -2.87. The summed E-state index contributed by atoms with van der Waals surface area (Å²) < 4.78 is 43.3. The van der Waals surface area contributed by atoms with Crippen molar-refractivity contribution >= 4 is 17.5 Å². The highest BCUT2D eigenvalue weighted by molar-refractivity contribution is 6.30. The standard InChI is InChI=1S/C20H15ClF3N3O2/c21-16-3-1-2-13(8-16)19-25-18(26-29-19)14-9-17(28)27(11-14)10-12-4-6-15(7-5-12)20(22,23)24/h1-8,14H,9-11H2. The van der Waals surface area contributed by atoms with Crippen molar-refractivity contribution in [1.82, 2.24) is 15.0 Å². The Balaban J connectivity index is 1.44. The number of hydrogen-bond donors (Lipinski definition) is 0. The molecule has 1 atom stereocenters. The van der Waals surface area contributed by atoms with Gasteiger partial charge in [-0.2, -0.15) is 18.2 Å². The first-order valence-corrected chi connectivity index (χ1v) is 9.21. The SMILES string of the molecule is O=C1CC(c2noc(-c3cccc(Cl)c3)n2)CN1Cc1ccc(C(F)(F)F)cc1. The number of benzene rings is 2. The van der Waals surface area contributed by atoms with Gasteiger partial charge in [-0.25, -0.2) is 0 Å². The average molecular weight is 422 g/mol. The second-order valence-electron chi connectivity index (χ2n) is 6.84. The molecule has 1 aliphatic rings. The molecule has 0 bridgehead atoms. The van der Waals surface area contributed by atoms with E-state index in [1.807, 2.05) is 0 Å². The maximum absolute atomic E-state index is 12.7. The summed E-state index contributed by atoms with van der Waals surface area (Å²) in [6.45, 7) is 0.598. The monoisotopic (exact) mass is 421 g/mol. The van der Waals surface area contributed by atoms with Crippen molar-refractivity contribution in [2.24, 2.45) is 0 Å². The van der Waals surface area contributed by atoms with Gasteiger partial charge in [0.05, 0.1) is 5.56 Å². The van der Waals surface area contributed by atoms with Crippen LogP contribution in [-0.2, 0) is 17.5 Å². The molecule has 0 spiro atoms. The van der Waals surface area contributed by atoms with E-state index in [1.54, 1.807) is 29.2 Å². The van der Waals surface area contributed by atoms with Crippen LogP contribution in [0.5, 0.6) is 0 Å². The quantitative estimate of drug-likeness (QED) is 0.599. The summed E-state index contributed by atoms with van der Waals surface area (Å²) >= 11 is 5.98. The number of amides is 1. The first-order chi connectivity index (χ1) is 13.8. The lowest BCUT2D eigenvalue weighted by Crippen LogP contribution is -2.24. The van der Waals surface area contributed by atoms with Crippen molar-refractivity contribution in [2.45, 2.75) is 25.1 Å². The van der Waals surface area contributed by atoms with Crippen LogP contribution >= 0.6 is 11.6 Å². The third kappa shape index (κ3) is 4.27. The van der Waals surface area contributed by atoms with E-state index in [0.29, 0.717) is 34.4 Å². The maximum Gasteiger partial charge on any atom is 0.416 e. The molecule has 5 nitrogen and oxygen atoms in total. The molecule has 1 amide bonds. The van der Waals surface area contributed by atoms with Gasteiger partial charge in [0.1, 0.15) is 0 Å². The van der Waals surface area contributed by atoms with Crippen molar-refractivity contribution in [3.05, 3.63) is 70.5 Å². The number of alkyl halides is 3. The molecule has 2 aromatic carbocycles. The van der Waals surface area contributed by atoms with Gasteiger partial charge >= 0.3 is 6.18 Å². The first-order valence-electron chi connectivity index (χ1n) is 8.83. The molecule has 0 saturated carbocycles. The summed E-state index contributed by atoms with van der Waals surface area (Å²) in [5.41, 5.74) is 0.592. The number of carbonyl (C=O) groups excluding carboxylic acids is 1. The second-order valence-corrected chi connectivity index (χ2v) is 7.27. The van der Waals surface area contributed by atoms with Crippen LogP contribution in [0.1, 0.15) is 29.3 Å². The lowest BCUT2D eigenvalue weighted by atomic mass is 10.1. The van der Waals surface area contributed by atoms with E-state index in [1.165, 1.54) is 12.1 Å². The van der Waals surface area contributed by atoms with E-state index in [4.69, 9.17) is 16.1 Å². The molecule has 1 unspecified atom stereocenters. The minimum Gasteiger partial charge on any atom is -0.338 e. The van der Waals surface area contributed by atoms with Crippen LogP contribution in [0.3, 0.4) is 0 Å². The highest BCUT2D eigenvalue weighted by atomic mass is 35.5. The zero-order chi connectivity index (χ0) is 20.6. The highest BCUT2D eigenvalue weighted by Crippen LogP contribution is 2.31. The summed E-state index contributed by atoms with van der Waals surface area (Å²) in [4.78, 5) is 18.3. The van der Waals surface area contributed by atoms with E-state index < -0.39 is 11.7 Å². The zero-order valence-corrected chi connectivity index (χ0v) is 15.7. The van der Waals surface area contributed by atoms with E-state index in [0.717, 1.165) is 12.1 Å². The molecule has 2 heterocycles. The van der Waals surface area contributed by atoms with Crippen LogP contribution < -0.4 is 0 Å². The smallest absolute Gasteiger partial charge is 0.338 e. The van der Waals surface area contributed by atoms with Crippen molar-refractivity contribution < 1.29 is 22.5 Å². The van der Waals surface area contributed by atoms with Gasteiger partial charge in [0.2, 0.25) is 5.91 Å². The Labute approximate surface area is 169 Å². The van der Waals surface area contributed by atoms with Gasteiger partial charge in [-0.3, -0.25) is 4.79 Å². The molecule has 0 radical (unpaired) electrons. The Morgan fingerprint density at radius 1 is 1.17 bits per heavy atom. The molecular weight excluding hydrogens is 407 g/mol. The number of nitrogens with zero attached hydrogens (tertiary/aromatic N) is 3. The van der Waals surface area contributed by atoms with Gasteiger partial charge in [0, 0.05) is 36.0 Å². The molecule has 9 heteroatoms. The molecule has 29 heavy (non-hydrogen) atoms. The maximum atomic E-state index is 12.7. The van der Waals surface area contributed by atoms with Crippen LogP contribution in [0.2, 0.25) is 5.02 Å². The van der Waals surface area contributed by atoms with Crippen molar-refractivity contribution in [2.75, 3.05) is 6.54 Å². The minimum atomic E-state index is -4.38. The van der Waals surface area contributed by atoms with Crippen LogP contribution in [0.4, 0.5) is 13.2 Å². The Morgan fingerprint density at radius 2 is 1.93 bits per heavy atom. The number of halogens is 4. The Morgan fingerprint density at radius 3 is 2.62 bits per heavy atom. The Kier molecular flexibility index (Phi) is 5.04. The topological polar surface area (TPSA) is 59.2 Å². The molecule has 1 aliphatic heterocycles. The number of likely N-dealkylation sites (tertiary alicyclic amines) is 1. The minimum absolute atomic E-state index is 0.107. The van der Waals surface area contributed by atoms with E-state index >= 15 is 0 Å². The predicted molar refractivity (Wildman–Crippen MR) is 99.0 cm³/mol. The van der Waals surface area contributed by atoms with Gasteiger partial charge in [0.25, 0.3) is 5.89 Å². The Bertz CT molecular complexity index is 1030. The van der Waals surface area contributed by atoms with E-state index in [2.05, 4.69) is 10.1 Å². The molecule has 0 N–H and O–H groups in total. The van der Waals surface area contributed by atoms with Gasteiger partial charge in [0.15, 0.2) is 5.82 Å². The fourth-order valence-corrected chi connectivity index (χ4v) is 3.45. The number of aromatic nitrogens is 2. The highest BCUT2D eigenvalue weighted by Gasteiger charge is 2.34. The second kappa shape index (κ2) is 7.51. The average Bonchev–Trinajstić information content (AvgIpc) is 3.29. The van der Waals surface area contributed by atoms with Gasteiger partial charge in [-0.05, 0) is 35.9 Å². The van der Waals surface area contributed by atoms with Crippen molar-refractivity contribution in [3.63, 3.8) is 0 Å². The van der Waals surface area contributed by atoms with Crippen LogP contribution in [-0.4, -0.2) is 27.5 Å². The van der Waals surface area contributed by atoms with E-state index in [9.17, 15) is 18.0 Å². The van der Waals surface area contributed by atoms with Crippen molar-refractivity contribution in [3.8, 4) is 11.5 Å². The molecular formula is C20H15ClF3N3O2. The molecule has 3 aromatic rings. The summed E-state index contributed by atoms with van der Waals surface area (Å²) in [7, 11) is 0. The molecule has 1 saturated heterocycles. The van der Waals surface area contributed by atoms with Crippen molar-refractivity contribution in [1.29, 1.82) is 0 Å². The van der Waals surface area contributed by atoms with E-state index in [-0.39, 0.29) is 24.8 Å². The number of rotatable bonds is 4. The summed E-state index contributed by atoms with van der Waals surface area (Å²) in [5.74, 6) is 0.386. The molecule has 0 aliphatic carbocycles. The fraction of sp³-hybridized carbons (Fsp3) is 0.250. The number of carbonyl (C=O) groups is 1. The first kappa shape index (κ1) is 19.4. The largest absolute Gasteiger partial charge is 0.416 e. The molecule has 150 valence electrons. The molecule has 1 aromatic heterocycles. The summed E-state index contributed by atoms with van der Waals surface area (Å²) in [6.07, 6.45) is -4.17. The van der Waals surface area contributed by atoms with Crippen LogP contribution in [0.15, 0.2) is 53.1 Å². The summed E-state index contributed by atoms with van der Waals surface area (Å²) in [5, 5.41) is 4.53. The van der Waals surface area contributed by atoms with Crippen LogP contribution in [0, 0.1) is 0 Å². The fourth-order valence-electron chi connectivity index (χ4n) is 3.26. The van der Waals surface area contributed by atoms with Gasteiger partial charge in [-0.15, -0.1) is 0 Å². The normalized spacial score (nSPS) is 17.2. The molecule has 4 rings (SSSR count). The lowest BCUT2D eigenvalue weighted by molar-refractivity contribution is -0.137. The third-order valence-electron chi connectivity index (χ3n) is 4.75. The molecule has 1 fully saturated rings. The lowest BCUT2D eigenvalue weighted by Gasteiger charge is -2.16.